The molecule has 1 atom stereocenters. The van der Waals surface area contributed by atoms with Gasteiger partial charge >= 0.3 is 12.0 Å². The molecule has 0 bridgehead atoms. The van der Waals surface area contributed by atoms with Crippen molar-refractivity contribution in [3.05, 3.63) is 28.2 Å². The van der Waals surface area contributed by atoms with E-state index >= 15 is 0 Å². The summed E-state index contributed by atoms with van der Waals surface area (Å²) in [5, 5.41) is 3.54. The lowest BCUT2D eigenvalue weighted by molar-refractivity contribution is -0.147. The van der Waals surface area contributed by atoms with Gasteiger partial charge in [-0.1, -0.05) is 23.2 Å². The highest BCUT2D eigenvalue weighted by atomic mass is 35.5. The summed E-state index contributed by atoms with van der Waals surface area (Å²) in [4.78, 5) is 25.6. The van der Waals surface area contributed by atoms with Gasteiger partial charge < -0.3 is 15.0 Å². The fourth-order valence-electron chi connectivity index (χ4n) is 2.27. The average Bonchev–Trinajstić information content (AvgIpc) is 2.92. The van der Waals surface area contributed by atoms with Crippen molar-refractivity contribution in [3.8, 4) is 0 Å². The van der Waals surface area contributed by atoms with Gasteiger partial charge in [0.2, 0.25) is 0 Å². The Labute approximate surface area is 133 Å². The van der Waals surface area contributed by atoms with Crippen molar-refractivity contribution < 1.29 is 14.3 Å². The molecule has 0 radical (unpaired) electrons. The molecule has 1 fully saturated rings. The SMILES string of the molecule is CCOC(=O)C1CCCN1C(=O)Nc1cc(Cl)ccc1Cl. The van der Waals surface area contributed by atoms with E-state index < -0.39 is 6.04 Å². The number of likely N-dealkylation sites (tertiary alicyclic amines) is 1. The summed E-state index contributed by atoms with van der Waals surface area (Å²) in [5.74, 6) is -0.373. The number of nitrogens with zero attached hydrogens (tertiary/aromatic N) is 1. The second-order valence-electron chi connectivity index (χ2n) is 4.66. The standard InChI is InChI=1S/C14H16Cl2N2O3/c1-2-21-13(19)12-4-3-7-18(12)14(20)17-11-8-9(15)5-6-10(11)16/h5-6,8,12H,2-4,7H2,1H3,(H,17,20). The number of esters is 1. The molecule has 2 rings (SSSR count). The summed E-state index contributed by atoms with van der Waals surface area (Å²) in [6.45, 7) is 2.54. The molecule has 0 saturated carbocycles. The fraction of sp³-hybridized carbons (Fsp3) is 0.429. The first-order valence-electron chi connectivity index (χ1n) is 6.72. The highest BCUT2D eigenvalue weighted by molar-refractivity contribution is 6.35. The Morgan fingerprint density at radius 3 is 2.90 bits per heavy atom. The van der Waals surface area contributed by atoms with Gasteiger partial charge in [0.25, 0.3) is 0 Å². The molecule has 1 N–H and O–H groups in total. The minimum atomic E-state index is -0.539. The summed E-state index contributed by atoms with van der Waals surface area (Å²) in [7, 11) is 0. The van der Waals surface area contributed by atoms with Gasteiger partial charge in [-0.3, -0.25) is 0 Å². The number of hydrogen-bond acceptors (Lipinski definition) is 3. The third-order valence-electron chi connectivity index (χ3n) is 3.24. The van der Waals surface area contributed by atoms with Crippen LogP contribution < -0.4 is 5.32 Å². The zero-order valence-corrected chi connectivity index (χ0v) is 13.1. The third-order valence-corrected chi connectivity index (χ3v) is 3.81. The second kappa shape index (κ2) is 7.00. The molecule has 1 aliphatic heterocycles. The number of benzene rings is 1. The lowest BCUT2D eigenvalue weighted by Crippen LogP contribution is -2.43. The van der Waals surface area contributed by atoms with E-state index in [4.69, 9.17) is 27.9 Å². The first-order valence-corrected chi connectivity index (χ1v) is 7.48. The Morgan fingerprint density at radius 1 is 1.43 bits per heavy atom. The summed E-state index contributed by atoms with van der Waals surface area (Å²) in [6, 6.07) is 3.89. The van der Waals surface area contributed by atoms with E-state index in [1.807, 2.05) is 0 Å². The van der Waals surface area contributed by atoms with E-state index in [1.165, 1.54) is 4.90 Å². The van der Waals surface area contributed by atoms with Gasteiger partial charge in [-0.25, -0.2) is 9.59 Å². The second-order valence-corrected chi connectivity index (χ2v) is 5.50. The van der Waals surface area contributed by atoms with E-state index in [1.54, 1.807) is 25.1 Å². The van der Waals surface area contributed by atoms with Gasteiger partial charge in [0, 0.05) is 11.6 Å². The van der Waals surface area contributed by atoms with Gasteiger partial charge in [0.1, 0.15) is 6.04 Å². The number of amides is 2. The molecular weight excluding hydrogens is 315 g/mol. The smallest absolute Gasteiger partial charge is 0.328 e. The number of hydrogen-bond donors (Lipinski definition) is 1. The van der Waals surface area contributed by atoms with E-state index in [9.17, 15) is 9.59 Å². The normalized spacial score (nSPS) is 17.7. The van der Waals surface area contributed by atoms with E-state index in [0.717, 1.165) is 6.42 Å². The number of nitrogens with one attached hydrogen (secondary N) is 1. The number of carbonyl (C=O) groups excluding carboxylic acids is 2. The molecule has 0 spiro atoms. The first-order chi connectivity index (χ1) is 10.0. The van der Waals surface area contributed by atoms with Crippen molar-refractivity contribution in [3.63, 3.8) is 0 Å². The molecule has 1 saturated heterocycles. The molecule has 5 nitrogen and oxygen atoms in total. The van der Waals surface area contributed by atoms with Crippen LogP contribution in [-0.4, -0.2) is 36.1 Å². The van der Waals surface area contributed by atoms with Gasteiger partial charge in [-0.2, -0.15) is 0 Å². The summed E-state index contributed by atoms with van der Waals surface area (Å²) in [5.41, 5.74) is 0.420. The maximum atomic E-state index is 12.3. The lowest BCUT2D eigenvalue weighted by atomic mass is 10.2. The van der Waals surface area contributed by atoms with Crippen molar-refractivity contribution in [2.75, 3.05) is 18.5 Å². The molecule has 1 aliphatic rings. The Kier molecular flexibility index (Phi) is 5.31. The maximum absolute atomic E-state index is 12.3. The molecule has 1 aromatic carbocycles. The van der Waals surface area contributed by atoms with Crippen LogP contribution in [0.3, 0.4) is 0 Å². The third kappa shape index (κ3) is 3.80. The largest absolute Gasteiger partial charge is 0.464 e. The minimum Gasteiger partial charge on any atom is -0.464 e. The topological polar surface area (TPSA) is 58.6 Å². The highest BCUT2D eigenvalue weighted by Gasteiger charge is 2.35. The Morgan fingerprint density at radius 2 is 2.19 bits per heavy atom. The molecule has 2 amide bonds. The van der Waals surface area contributed by atoms with Crippen LogP contribution in [0, 0.1) is 0 Å². The Hall–Kier alpha value is -1.46. The van der Waals surface area contributed by atoms with Crippen LogP contribution >= 0.6 is 23.2 Å². The molecular formula is C14H16Cl2N2O3. The zero-order chi connectivity index (χ0) is 15.4. The van der Waals surface area contributed by atoms with Crippen molar-refractivity contribution in [1.29, 1.82) is 0 Å². The van der Waals surface area contributed by atoms with Gasteiger partial charge in [0.15, 0.2) is 0 Å². The molecule has 1 unspecified atom stereocenters. The van der Waals surface area contributed by atoms with Crippen LogP contribution in [0.5, 0.6) is 0 Å². The van der Waals surface area contributed by atoms with Crippen LogP contribution in [0.2, 0.25) is 10.0 Å². The van der Waals surface area contributed by atoms with Crippen LogP contribution in [0.4, 0.5) is 10.5 Å². The predicted molar refractivity (Wildman–Crippen MR) is 81.8 cm³/mol. The number of rotatable bonds is 3. The molecule has 21 heavy (non-hydrogen) atoms. The van der Waals surface area contributed by atoms with Gasteiger partial charge in [0.05, 0.1) is 17.3 Å². The van der Waals surface area contributed by atoms with Crippen molar-refractivity contribution in [1.82, 2.24) is 4.90 Å². The summed E-state index contributed by atoms with van der Waals surface area (Å²) in [6.07, 6.45) is 1.37. The molecule has 114 valence electrons. The summed E-state index contributed by atoms with van der Waals surface area (Å²) >= 11 is 11.9. The van der Waals surface area contributed by atoms with E-state index in [0.29, 0.717) is 35.3 Å². The number of halogens is 2. The van der Waals surface area contributed by atoms with Crippen molar-refractivity contribution in [2.24, 2.45) is 0 Å². The first kappa shape index (κ1) is 15.9. The molecule has 0 aliphatic carbocycles. The van der Waals surface area contributed by atoms with E-state index in [2.05, 4.69) is 5.32 Å². The molecule has 0 aromatic heterocycles. The number of carbonyl (C=O) groups is 2. The predicted octanol–water partition coefficient (Wildman–Crippen LogP) is 3.55. The van der Waals surface area contributed by atoms with Crippen LogP contribution in [0.25, 0.3) is 0 Å². The number of urea groups is 1. The Bertz CT molecular complexity index is 551. The van der Waals surface area contributed by atoms with Crippen LogP contribution in [-0.2, 0) is 9.53 Å². The summed E-state index contributed by atoms with van der Waals surface area (Å²) < 4.78 is 4.99. The average molecular weight is 331 g/mol. The van der Waals surface area contributed by atoms with Crippen molar-refractivity contribution in [2.45, 2.75) is 25.8 Å². The maximum Gasteiger partial charge on any atom is 0.328 e. The lowest BCUT2D eigenvalue weighted by Gasteiger charge is -2.23. The molecule has 7 heteroatoms. The molecule has 1 heterocycles. The van der Waals surface area contributed by atoms with Gasteiger partial charge in [-0.15, -0.1) is 0 Å². The van der Waals surface area contributed by atoms with Crippen LogP contribution in [0.1, 0.15) is 19.8 Å². The number of ether oxygens (including phenoxy) is 1. The van der Waals surface area contributed by atoms with Gasteiger partial charge in [-0.05, 0) is 38.0 Å². The zero-order valence-electron chi connectivity index (χ0n) is 11.6. The monoisotopic (exact) mass is 330 g/mol. The van der Waals surface area contributed by atoms with Crippen LogP contribution in [0.15, 0.2) is 18.2 Å². The Balaban J connectivity index is 2.08. The number of anilines is 1. The molecule has 1 aromatic rings. The van der Waals surface area contributed by atoms with E-state index in [-0.39, 0.29) is 12.0 Å². The fourth-order valence-corrected chi connectivity index (χ4v) is 2.61. The quantitative estimate of drug-likeness (QED) is 0.862. The highest BCUT2D eigenvalue weighted by Crippen LogP contribution is 2.27. The van der Waals surface area contributed by atoms with Crippen molar-refractivity contribution >= 4 is 40.9 Å². The minimum absolute atomic E-state index is 0.297.